The summed E-state index contributed by atoms with van der Waals surface area (Å²) in [6.45, 7) is 4.49. The standard InChI is InChI=1S/C21H22N4O2/c1-14-4-9-18(15(2)10-14)25-20-13-22-19(12-23-20)21(26)24-11-16-5-7-17(27-3)8-6-16/h4-10,12-13H,11H2,1-3H3,(H,23,25)(H,24,26). The van der Waals surface area contributed by atoms with Crippen LogP contribution in [0.25, 0.3) is 0 Å². The Bertz CT molecular complexity index is 922. The number of amides is 1. The molecule has 0 aliphatic rings. The molecule has 0 bridgehead atoms. The van der Waals surface area contributed by atoms with Crippen LogP contribution in [0.2, 0.25) is 0 Å². The molecule has 1 aromatic heterocycles. The quantitative estimate of drug-likeness (QED) is 0.698. The highest BCUT2D eigenvalue weighted by Crippen LogP contribution is 2.19. The Hall–Kier alpha value is -3.41. The Balaban J connectivity index is 1.59. The number of aromatic nitrogens is 2. The second-order valence-electron chi connectivity index (χ2n) is 6.26. The maximum Gasteiger partial charge on any atom is 0.271 e. The normalized spacial score (nSPS) is 10.3. The number of rotatable bonds is 6. The molecule has 0 radical (unpaired) electrons. The van der Waals surface area contributed by atoms with Crippen LogP contribution in [-0.4, -0.2) is 23.0 Å². The van der Waals surface area contributed by atoms with E-state index < -0.39 is 0 Å². The van der Waals surface area contributed by atoms with E-state index in [1.807, 2.05) is 43.3 Å². The molecule has 138 valence electrons. The molecule has 0 saturated heterocycles. The van der Waals surface area contributed by atoms with Crippen LogP contribution >= 0.6 is 0 Å². The van der Waals surface area contributed by atoms with Gasteiger partial charge in [-0.1, -0.05) is 29.8 Å². The van der Waals surface area contributed by atoms with E-state index in [0.717, 1.165) is 22.6 Å². The molecular formula is C21H22N4O2. The third kappa shape index (κ3) is 4.82. The third-order valence-electron chi connectivity index (χ3n) is 4.14. The summed E-state index contributed by atoms with van der Waals surface area (Å²) in [5.41, 5.74) is 4.54. The molecule has 6 heteroatoms. The van der Waals surface area contributed by atoms with Crippen LogP contribution in [0.5, 0.6) is 5.75 Å². The zero-order valence-corrected chi connectivity index (χ0v) is 15.6. The van der Waals surface area contributed by atoms with Crippen LogP contribution in [0.1, 0.15) is 27.2 Å². The lowest BCUT2D eigenvalue weighted by molar-refractivity contribution is 0.0945. The van der Waals surface area contributed by atoms with Crippen molar-refractivity contribution < 1.29 is 9.53 Å². The van der Waals surface area contributed by atoms with Gasteiger partial charge in [-0.3, -0.25) is 4.79 Å². The fourth-order valence-electron chi connectivity index (χ4n) is 2.62. The summed E-state index contributed by atoms with van der Waals surface area (Å²) in [7, 11) is 1.62. The summed E-state index contributed by atoms with van der Waals surface area (Å²) >= 11 is 0. The van der Waals surface area contributed by atoms with Crippen molar-refractivity contribution in [2.75, 3.05) is 12.4 Å². The van der Waals surface area contributed by atoms with Gasteiger partial charge in [-0.15, -0.1) is 0 Å². The van der Waals surface area contributed by atoms with Gasteiger partial charge < -0.3 is 15.4 Å². The fourth-order valence-corrected chi connectivity index (χ4v) is 2.62. The minimum absolute atomic E-state index is 0.267. The fraction of sp³-hybridized carbons (Fsp3) is 0.190. The zero-order valence-electron chi connectivity index (χ0n) is 15.6. The minimum Gasteiger partial charge on any atom is -0.497 e. The molecule has 2 N–H and O–H groups in total. The number of hydrogen-bond donors (Lipinski definition) is 2. The van der Waals surface area contributed by atoms with Crippen LogP contribution < -0.4 is 15.4 Å². The average Bonchev–Trinajstić information content (AvgIpc) is 2.69. The second kappa shape index (κ2) is 8.31. The highest BCUT2D eigenvalue weighted by Gasteiger charge is 2.08. The van der Waals surface area contributed by atoms with Gasteiger partial charge in [-0.25, -0.2) is 9.97 Å². The smallest absolute Gasteiger partial charge is 0.271 e. The summed E-state index contributed by atoms with van der Waals surface area (Å²) in [6.07, 6.45) is 3.02. The van der Waals surface area contributed by atoms with Crippen molar-refractivity contribution in [1.29, 1.82) is 0 Å². The van der Waals surface area contributed by atoms with Crippen molar-refractivity contribution in [1.82, 2.24) is 15.3 Å². The number of hydrogen-bond acceptors (Lipinski definition) is 5. The van der Waals surface area contributed by atoms with Crippen LogP contribution in [0, 0.1) is 13.8 Å². The molecule has 0 saturated carbocycles. The number of ether oxygens (including phenoxy) is 1. The van der Waals surface area contributed by atoms with E-state index in [0.29, 0.717) is 12.4 Å². The summed E-state index contributed by atoms with van der Waals surface area (Å²) < 4.78 is 5.12. The molecule has 1 heterocycles. The molecule has 0 spiro atoms. The number of anilines is 2. The van der Waals surface area contributed by atoms with Gasteiger partial charge in [-0.05, 0) is 43.2 Å². The predicted molar refractivity (Wildman–Crippen MR) is 105 cm³/mol. The first-order chi connectivity index (χ1) is 13.0. The Morgan fingerprint density at radius 1 is 1.04 bits per heavy atom. The first kappa shape index (κ1) is 18.4. The van der Waals surface area contributed by atoms with Crippen molar-refractivity contribution in [3.63, 3.8) is 0 Å². The number of nitrogens with zero attached hydrogens (tertiary/aromatic N) is 2. The maximum atomic E-state index is 12.2. The van der Waals surface area contributed by atoms with E-state index in [-0.39, 0.29) is 11.6 Å². The lowest BCUT2D eigenvalue weighted by atomic mass is 10.1. The Morgan fingerprint density at radius 3 is 2.44 bits per heavy atom. The highest BCUT2D eigenvalue weighted by molar-refractivity contribution is 5.92. The Morgan fingerprint density at radius 2 is 1.81 bits per heavy atom. The highest BCUT2D eigenvalue weighted by atomic mass is 16.5. The van der Waals surface area contributed by atoms with Gasteiger partial charge in [-0.2, -0.15) is 0 Å². The third-order valence-corrected chi connectivity index (χ3v) is 4.14. The van der Waals surface area contributed by atoms with Crippen LogP contribution in [0.15, 0.2) is 54.9 Å². The Labute approximate surface area is 158 Å². The van der Waals surface area contributed by atoms with E-state index in [2.05, 4.69) is 33.6 Å². The van der Waals surface area contributed by atoms with E-state index in [1.54, 1.807) is 13.3 Å². The average molecular weight is 362 g/mol. The molecule has 1 amide bonds. The number of carbonyl (C=O) groups excluding carboxylic acids is 1. The van der Waals surface area contributed by atoms with Crippen molar-refractivity contribution in [2.24, 2.45) is 0 Å². The molecule has 2 aromatic carbocycles. The van der Waals surface area contributed by atoms with Crippen molar-refractivity contribution in [2.45, 2.75) is 20.4 Å². The molecule has 3 aromatic rings. The summed E-state index contributed by atoms with van der Waals surface area (Å²) in [5.74, 6) is 1.10. The van der Waals surface area contributed by atoms with E-state index >= 15 is 0 Å². The van der Waals surface area contributed by atoms with Gasteiger partial charge in [0.25, 0.3) is 5.91 Å². The number of carbonyl (C=O) groups is 1. The van der Waals surface area contributed by atoms with E-state index in [4.69, 9.17) is 4.74 Å². The SMILES string of the molecule is COc1ccc(CNC(=O)c2cnc(Nc3ccc(C)cc3C)cn2)cc1. The van der Waals surface area contributed by atoms with E-state index in [9.17, 15) is 4.79 Å². The number of aryl methyl sites for hydroxylation is 2. The molecule has 0 atom stereocenters. The summed E-state index contributed by atoms with van der Waals surface area (Å²) in [4.78, 5) is 20.7. The largest absolute Gasteiger partial charge is 0.497 e. The van der Waals surface area contributed by atoms with Gasteiger partial charge in [0.2, 0.25) is 0 Å². The molecule has 6 nitrogen and oxygen atoms in total. The van der Waals surface area contributed by atoms with Crippen molar-refractivity contribution in [3.8, 4) is 5.75 Å². The molecular weight excluding hydrogens is 340 g/mol. The van der Waals surface area contributed by atoms with Crippen LogP contribution in [0.4, 0.5) is 11.5 Å². The topological polar surface area (TPSA) is 76.1 Å². The van der Waals surface area contributed by atoms with Crippen LogP contribution in [-0.2, 0) is 6.54 Å². The Kier molecular flexibility index (Phi) is 5.66. The molecule has 3 rings (SSSR count). The first-order valence-electron chi connectivity index (χ1n) is 8.62. The van der Waals surface area contributed by atoms with Gasteiger partial charge in [0.05, 0.1) is 19.5 Å². The van der Waals surface area contributed by atoms with E-state index in [1.165, 1.54) is 11.8 Å². The second-order valence-corrected chi connectivity index (χ2v) is 6.26. The maximum absolute atomic E-state index is 12.2. The zero-order chi connectivity index (χ0) is 19.2. The molecule has 0 fully saturated rings. The molecule has 27 heavy (non-hydrogen) atoms. The van der Waals surface area contributed by atoms with Gasteiger partial charge in [0.1, 0.15) is 17.3 Å². The predicted octanol–water partition coefficient (Wildman–Crippen LogP) is 3.78. The van der Waals surface area contributed by atoms with Gasteiger partial charge >= 0.3 is 0 Å². The number of methoxy groups -OCH3 is 1. The minimum atomic E-state index is -0.267. The molecule has 0 aliphatic heterocycles. The lowest BCUT2D eigenvalue weighted by Gasteiger charge is -2.10. The van der Waals surface area contributed by atoms with Gasteiger partial charge in [0.15, 0.2) is 0 Å². The van der Waals surface area contributed by atoms with Gasteiger partial charge in [0, 0.05) is 12.2 Å². The summed E-state index contributed by atoms with van der Waals surface area (Å²) in [5, 5.41) is 6.05. The summed E-state index contributed by atoms with van der Waals surface area (Å²) in [6, 6.07) is 13.6. The van der Waals surface area contributed by atoms with Crippen molar-refractivity contribution >= 4 is 17.4 Å². The monoisotopic (exact) mass is 362 g/mol. The number of benzene rings is 2. The molecule has 0 aliphatic carbocycles. The first-order valence-corrected chi connectivity index (χ1v) is 8.62. The van der Waals surface area contributed by atoms with Crippen LogP contribution in [0.3, 0.4) is 0 Å². The number of nitrogens with one attached hydrogen (secondary N) is 2. The lowest BCUT2D eigenvalue weighted by Crippen LogP contribution is -2.24. The molecule has 0 unspecified atom stereocenters. The van der Waals surface area contributed by atoms with Crippen molar-refractivity contribution in [3.05, 3.63) is 77.2 Å².